The third kappa shape index (κ3) is 5.99. The van der Waals surface area contributed by atoms with Crippen LogP contribution in [0.3, 0.4) is 0 Å². The van der Waals surface area contributed by atoms with Gasteiger partial charge in [0, 0.05) is 47.4 Å². The fourth-order valence-corrected chi connectivity index (χ4v) is 2.41. The van der Waals surface area contributed by atoms with Crippen LogP contribution in [0.4, 0.5) is 11.6 Å². The second-order valence-corrected chi connectivity index (χ2v) is 7.10. The Morgan fingerprint density at radius 1 is 1.14 bits per heavy atom. The molecule has 1 aromatic rings. The average Bonchev–Trinajstić information content (AvgIpc) is 2.43. The van der Waals surface area contributed by atoms with Gasteiger partial charge in [0.15, 0.2) is 0 Å². The van der Waals surface area contributed by atoms with Crippen LogP contribution in [0.5, 0.6) is 0 Å². The number of nitrogens with zero attached hydrogens (tertiary/aromatic N) is 2. The Morgan fingerprint density at radius 2 is 1.71 bits per heavy atom. The molecule has 0 spiro atoms. The zero-order valence-corrected chi connectivity index (χ0v) is 14.6. The van der Waals surface area contributed by atoms with Crippen LogP contribution in [0, 0.1) is 6.92 Å². The molecule has 0 aliphatic heterocycles. The summed E-state index contributed by atoms with van der Waals surface area (Å²) in [5.41, 5.74) is 1.05. The van der Waals surface area contributed by atoms with Crippen molar-refractivity contribution in [1.82, 2.24) is 9.97 Å². The van der Waals surface area contributed by atoms with E-state index in [2.05, 4.69) is 41.4 Å². The van der Waals surface area contributed by atoms with E-state index in [9.17, 15) is 4.21 Å². The maximum Gasteiger partial charge on any atom is 0.135 e. The summed E-state index contributed by atoms with van der Waals surface area (Å²) in [7, 11) is -0.734. The number of rotatable bonds is 9. The number of anilines is 2. The van der Waals surface area contributed by atoms with Crippen LogP contribution >= 0.6 is 0 Å². The molecule has 0 saturated heterocycles. The first-order valence-corrected chi connectivity index (χ1v) is 9.34. The summed E-state index contributed by atoms with van der Waals surface area (Å²) in [5.74, 6) is 3.65. The standard InChI is InChI=1S/C15H28N4OS/c1-6-8-16-14-12(4)15(17-9-7-10-21(5)20)19-13(18-14)11(2)3/h11H,6-10H2,1-5H3,(H2,16,17,18,19). The second kappa shape index (κ2) is 8.97. The van der Waals surface area contributed by atoms with Crippen molar-refractivity contribution in [3.63, 3.8) is 0 Å². The minimum Gasteiger partial charge on any atom is -0.370 e. The molecule has 1 heterocycles. The normalized spacial score (nSPS) is 12.5. The van der Waals surface area contributed by atoms with Crippen LogP contribution in [-0.4, -0.2) is 39.3 Å². The Kier molecular flexibility index (Phi) is 7.64. The highest BCUT2D eigenvalue weighted by atomic mass is 32.2. The third-order valence-corrected chi connectivity index (χ3v) is 3.99. The van der Waals surface area contributed by atoms with E-state index in [1.165, 1.54) is 0 Å². The van der Waals surface area contributed by atoms with Gasteiger partial charge in [0.2, 0.25) is 0 Å². The first kappa shape index (κ1) is 17.9. The van der Waals surface area contributed by atoms with Gasteiger partial charge in [-0.2, -0.15) is 0 Å². The van der Waals surface area contributed by atoms with Crippen LogP contribution in [0.25, 0.3) is 0 Å². The zero-order valence-electron chi connectivity index (χ0n) is 13.8. The molecule has 0 aliphatic carbocycles. The van der Waals surface area contributed by atoms with Crippen molar-refractivity contribution in [2.45, 2.75) is 46.5 Å². The smallest absolute Gasteiger partial charge is 0.135 e. The van der Waals surface area contributed by atoms with Crippen LogP contribution in [0.1, 0.15) is 50.9 Å². The number of aromatic nitrogens is 2. The van der Waals surface area contributed by atoms with Crippen molar-refractivity contribution in [2.75, 3.05) is 35.7 Å². The van der Waals surface area contributed by atoms with Gasteiger partial charge in [-0.1, -0.05) is 20.8 Å². The maximum absolute atomic E-state index is 11.1. The predicted octanol–water partition coefficient (Wildman–Crippen LogP) is 2.91. The molecule has 0 bridgehead atoms. The van der Waals surface area contributed by atoms with Crippen molar-refractivity contribution in [1.29, 1.82) is 0 Å². The highest BCUT2D eigenvalue weighted by Gasteiger charge is 2.12. The summed E-state index contributed by atoms with van der Waals surface area (Å²) >= 11 is 0. The van der Waals surface area contributed by atoms with Crippen molar-refractivity contribution in [2.24, 2.45) is 0 Å². The summed E-state index contributed by atoms with van der Waals surface area (Å²) in [6.07, 6.45) is 3.67. The SMILES string of the molecule is CCCNc1nc(C(C)C)nc(NCCCS(C)=O)c1C. The Bertz CT molecular complexity index is 477. The molecule has 5 nitrogen and oxygen atoms in total. The van der Waals surface area contributed by atoms with Crippen molar-refractivity contribution in [3.05, 3.63) is 11.4 Å². The first-order chi connectivity index (χ1) is 9.95. The van der Waals surface area contributed by atoms with Gasteiger partial charge in [0.05, 0.1) is 0 Å². The Hall–Kier alpha value is -1.17. The molecule has 6 heteroatoms. The second-order valence-electron chi connectivity index (χ2n) is 5.54. The van der Waals surface area contributed by atoms with Gasteiger partial charge in [0.1, 0.15) is 17.5 Å². The lowest BCUT2D eigenvalue weighted by molar-refractivity contribution is 0.685. The van der Waals surface area contributed by atoms with Gasteiger partial charge in [-0.3, -0.25) is 4.21 Å². The summed E-state index contributed by atoms with van der Waals surface area (Å²) in [5, 5.41) is 6.72. The maximum atomic E-state index is 11.1. The van der Waals surface area contributed by atoms with E-state index < -0.39 is 10.8 Å². The minimum atomic E-state index is -0.734. The van der Waals surface area contributed by atoms with Crippen LogP contribution in [-0.2, 0) is 10.8 Å². The number of nitrogens with one attached hydrogen (secondary N) is 2. The Labute approximate surface area is 130 Å². The molecule has 1 aromatic heterocycles. The van der Waals surface area contributed by atoms with Gasteiger partial charge in [0.25, 0.3) is 0 Å². The van der Waals surface area contributed by atoms with Gasteiger partial charge in [-0.25, -0.2) is 9.97 Å². The molecular formula is C15H28N4OS. The van der Waals surface area contributed by atoms with Crippen LogP contribution < -0.4 is 10.6 Å². The minimum absolute atomic E-state index is 0.288. The van der Waals surface area contributed by atoms with E-state index >= 15 is 0 Å². The van der Waals surface area contributed by atoms with E-state index in [4.69, 9.17) is 0 Å². The molecule has 1 unspecified atom stereocenters. The largest absolute Gasteiger partial charge is 0.370 e. The van der Waals surface area contributed by atoms with Crippen molar-refractivity contribution >= 4 is 22.4 Å². The fraction of sp³-hybridized carbons (Fsp3) is 0.733. The van der Waals surface area contributed by atoms with E-state index in [0.29, 0.717) is 0 Å². The molecule has 21 heavy (non-hydrogen) atoms. The quantitative estimate of drug-likeness (QED) is 0.686. The summed E-state index contributed by atoms with van der Waals surface area (Å²) in [4.78, 5) is 9.23. The first-order valence-electron chi connectivity index (χ1n) is 7.62. The summed E-state index contributed by atoms with van der Waals surface area (Å²) < 4.78 is 11.1. The summed E-state index contributed by atoms with van der Waals surface area (Å²) in [6, 6.07) is 0. The number of hydrogen-bond donors (Lipinski definition) is 2. The number of hydrogen-bond acceptors (Lipinski definition) is 5. The van der Waals surface area contributed by atoms with Gasteiger partial charge < -0.3 is 10.6 Å². The lowest BCUT2D eigenvalue weighted by Crippen LogP contribution is -2.14. The van der Waals surface area contributed by atoms with E-state index in [-0.39, 0.29) is 5.92 Å². The van der Waals surface area contributed by atoms with Crippen LogP contribution in [0.2, 0.25) is 0 Å². The highest BCUT2D eigenvalue weighted by molar-refractivity contribution is 7.84. The zero-order chi connectivity index (χ0) is 15.8. The molecule has 0 radical (unpaired) electrons. The monoisotopic (exact) mass is 312 g/mol. The van der Waals surface area contributed by atoms with Crippen LogP contribution in [0.15, 0.2) is 0 Å². The predicted molar refractivity (Wildman–Crippen MR) is 91.7 cm³/mol. The van der Waals surface area contributed by atoms with E-state index in [1.54, 1.807) is 6.26 Å². The molecule has 0 amide bonds. The van der Waals surface area contributed by atoms with Gasteiger partial charge in [-0.05, 0) is 19.8 Å². The molecule has 1 atom stereocenters. The van der Waals surface area contributed by atoms with E-state index in [0.717, 1.165) is 54.7 Å². The molecule has 2 N–H and O–H groups in total. The Morgan fingerprint density at radius 3 is 2.19 bits per heavy atom. The molecule has 0 aliphatic rings. The van der Waals surface area contributed by atoms with Crippen molar-refractivity contribution in [3.8, 4) is 0 Å². The average molecular weight is 312 g/mol. The molecule has 1 rings (SSSR count). The molecule has 0 saturated carbocycles. The lowest BCUT2D eigenvalue weighted by Gasteiger charge is -2.16. The summed E-state index contributed by atoms with van der Waals surface area (Å²) in [6.45, 7) is 10.0. The fourth-order valence-electron chi connectivity index (χ4n) is 1.86. The van der Waals surface area contributed by atoms with Gasteiger partial charge in [-0.15, -0.1) is 0 Å². The van der Waals surface area contributed by atoms with Gasteiger partial charge >= 0.3 is 0 Å². The van der Waals surface area contributed by atoms with Crippen molar-refractivity contribution < 1.29 is 4.21 Å². The topological polar surface area (TPSA) is 66.9 Å². The third-order valence-electron chi connectivity index (χ3n) is 3.12. The molecule has 0 aromatic carbocycles. The molecule has 120 valence electrons. The molecular weight excluding hydrogens is 284 g/mol. The molecule has 0 fully saturated rings. The Balaban J connectivity index is 2.84. The highest BCUT2D eigenvalue weighted by Crippen LogP contribution is 2.23. The lowest BCUT2D eigenvalue weighted by atomic mass is 10.2. The van der Waals surface area contributed by atoms with E-state index in [1.807, 2.05) is 6.92 Å².